The van der Waals surface area contributed by atoms with Crippen LogP contribution in [-0.2, 0) is 11.2 Å². The quantitative estimate of drug-likeness (QED) is 0.850. The van der Waals surface area contributed by atoms with E-state index in [2.05, 4.69) is 0 Å². The van der Waals surface area contributed by atoms with Gasteiger partial charge in [0.2, 0.25) is 0 Å². The van der Waals surface area contributed by atoms with Crippen LogP contribution in [0.3, 0.4) is 0 Å². The van der Waals surface area contributed by atoms with Gasteiger partial charge in [-0.1, -0.05) is 36.4 Å². The number of hydrogen-bond acceptors (Lipinski definition) is 3. The number of ether oxygens (including phenoxy) is 2. The predicted octanol–water partition coefficient (Wildman–Crippen LogP) is 3.47. The Bertz CT molecular complexity index is 636. The third-order valence-electron chi connectivity index (χ3n) is 3.32. The van der Waals surface area contributed by atoms with E-state index < -0.39 is 12.1 Å². The first kappa shape index (κ1) is 15.9. The van der Waals surface area contributed by atoms with Crippen LogP contribution in [0.2, 0.25) is 0 Å². The summed E-state index contributed by atoms with van der Waals surface area (Å²) in [6, 6.07) is 14.8. The molecule has 0 spiro atoms. The van der Waals surface area contributed by atoms with Gasteiger partial charge in [-0.05, 0) is 37.1 Å². The van der Waals surface area contributed by atoms with Crippen LogP contribution >= 0.6 is 0 Å². The maximum Gasteiger partial charge on any atom is 0.345 e. The molecular weight excluding hydrogens is 280 g/mol. The number of carbonyl (C=O) groups is 1. The van der Waals surface area contributed by atoms with Crippen LogP contribution < -0.4 is 9.47 Å². The number of para-hydroxylation sites is 2. The molecule has 22 heavy (non-hydrogen) atoms. The summed E-state index contributed by atoms with van der Waals surface area (Å²) in [6.45, 7) is 4.32. The molecule has 4 heteroatoms. The van der Waals surface area contributed by atoms with Gasteiger partial charge >= 0.3 is 5.97 Å². The molecule has 0 amide bonds. The van der Waals surface area contributed by atoms with Crippen molar-refractivity contribution in [1.29, 1.82) is 0 Å². The number of hydrogen-bond donors (Lipinski definition) is 1. The maximum atomic E-state index is 11.5. The summed E-state index contributed by atoms with van der Waals surface area (Å²) >= 11 is 0. The van der Waals surface area contributed by atoms with Crippen molar-refractivity contribution in [2.24, 2.45) is 0 Å². The fourth-order valence-corrected chi connectivity index (χ4v) is 2.19. The molecule has 0 heterocycles. The number of aryl methyl sites for hydroxylation is 1. The number of rotatable bonds is 7. The maximum absolute atomic E-state index is 11.5. The Kier molecular flexibility index (Phi) is 5.42. The zero-order valence-corrected chi connectivity index (χ0v) is 12.8. The Hall–Kier alpha value is -2.49. The van der Waals surface area contributed by atoms with Crippen LogP contribution in [0.4, 0.5) is 0 Å². The van der Waals surface area contributed by atoms with Crippen molar-refractivity contribution in [3.63, 3.8) is 0 Å². The second kappa shape index (κ2) is 7.50. The molecule has 0 radical (unpaired) electrons. The first-order valence-electron chi connectivity index (χ1n) is 7.27. The summed E-state index contributed by atoms with van der Waals surface area (Å²) in [7, 11) is 0. The molecule has 0 aromatic heterocycles. The Morgan fingerprint density at radius 1 is 1.09 bits per heavy atom. The Balaban J connectivity index is 2.20. The zero-order chi connectivity index (χ0) is 15.9. The molecule has 2 aromatic rings. The van der Waals surface area contributed by atoms with Gasteiger partial charge in [-0.25, -0.2) is 4.79 Å². The number of carboxylic acids is 1. The highest BCUT2D eigenvalue weighted by atomic mass is 16.5. The molecule has 4 nitrogen and oxygen atoms in total. The minimum absolute atomic E-state index is 0.250. The topological polar surface area (TPSA) is 55.8 Å². The van der Waals surface area contributed by atoms with Crippen molar-refractivity contribution in [3.8, 4) is 11.5 Å². The highest BCUT2D eigenvalue weighted by molar-refractivity contribution is 5.73. The lowest BCUT2D eigenvalue weighted by Crippen LogP contribution is -2.29. The van der Waals surface area contributed by atoms with Crippen LogP contribution in [-0.4, -0.2) is 23.8 Å². The van der Waals surface area contributed by atoms with Gasteiger partial charge in [0.05, 0.1) is 6.61 Å². The SMILES string of the molecule is CCOc1ccccc1C[C@@H](Oc1ccccc1C)C(=O)O. The summed E-state index contributed by atoms with van der Waals surface area (Å²) in [4.78, 5) is 11.5. The van der Waals surface area contributed by atoms with E-state index in [1.165, 1.54) is 0 Å². The molecule has 116 valence electrons. The fourth-order valence-electron chi connectivity index (χ4n) is 2.19. The van der Waals surface area contributed by atoms with E-state index in [4.69, 9.17) is 9.47 Å². The van der Waals surface area contributed by atoms with E-state index in [1.807, 2.05) is 56.3 Å². The van der Waals surface area contributed by atoms with Crippen molar-refractivity contribution < 1.29 is 19.4 Å². The number of carboxylic acid groups (broad SMARTS) is 1. The van der Waals surface area contributed by atoms with Gasteiger partial charge in [-0.15, -0.1) is 0 Å². The molecule has 0 saturated carbocycles. The second-order valence-electron chi connectivity index (χ2n) is 4.96. The van der Waals surface area contributed by atoms with Crippen LogP contribution in [0, 0.1) is 6.92 Å². The van der Waals surface area contributed by atoms with Gasteiger partial charge in [0.15, 0.2) is 6.10 Å². The first-order valence-corrected chi connectivity index (χ1v) is 7.27. The molecule has 0 aliphatic carbocycles. The number of benzene rings is 2. The minimum atomic E-state index is -0.991. The average molecular weight is 300 g/mol. The second-order valence-corrected chi connectivity index (χ2v) is 4.96. The predicted molar refractivity (Wildman–Crippen MR) is 84.5 cm³/mol. The lowest BCUT2D eigenvalue weighted by Gasteiger charge is -2.18. The summed E-state index contributed by atoms with van der Waals surface area (Å²) in [5, 5.41) is 9.44. The zero-order valence-electron chi connectivity index (χ0n) is 12.8. The molecule has 1 N–H and O–H groups in total. The van der Waals surface area contributed by atoms with Crippen molar-refractivity contribution >= 4 is 5.97 Å². The van der Waals surface area contributed by atoms with Gasteiger partial charge in [0.1, 0.15) is 11.5 Å². The molecule has 0 fully saturated rings. The van der Waals surface area contributed by atoms with Crippen molar-refractivity contribution in [1.82, 2.24) is 0 Å². The minimum Gasteiger partial charge on any atom is -0.494 e. The Morgan fingerprint density at radius 2 is 1.73 bits per heavy atom. The molecule has 0 aliphatic heterocycles. The molecular formula is C18H20O4. The highest BCUT2D eigenvalue weighted by Gasteiger charge is 2.22. The van der Waals surface area contributed by atoms with Gasteiger partial charge in [-0.3, -0.25) is 0 Å². The largest absolute Gasteiger partial charge is 0.494 e. The molecule has 0 bridgehead atoms. The molecule has 2 aromatic carbocycles. The van der Waals surface area contributed by atoms with Crippen LogP contribution in [0.1, 0.15) is 18.1 Å². The fraction of sp³-hybridized carbons (Fsp3) is 0.278. The smallest absolute Gasteiger partial charge is 0.345 e. The van der Waals surface area contributed by atoms with Crippen LogP contribution in [0.15, 0.2) is 48.5 Å². The lowest BCUT2D eigenvalue weighted by molar-refractivity contribution is -0.145. The molecule has 0 unspecified atom stereocenters. The average Bonchev–Trinajstić information content (AvgIpc) is 2.50. The van der Waals surface area contributed by atoms with Crippen molar-refractivity contribution in [2.75, 3.05) is 6.61 Å². The monoisotopic (exact) mass is 300 g/mol. The third kappa shape index (κ3) is 4.01. The lowest BCUT2D eigenvalue weighted by atomic mass is 10.1. The van der Waals surface area contributed by atoms with Gasteiger partial charge in [0, 0.05) is 6.42 Å². The third-order valence-corrected chi connectivity index (χ3v) is 3.32. The summed E-state index contributed by atoms with van der Waals surface area (Å²) in [5.41, 5.74) is 1.73. The Labute approximate surface area is 130 Å². The number of aliphatic carboxylic acids is 1. The van der Waals surface area contributed by atoms with E-state index >= 15 is 0 Å². The van der Waals surface area contributed by atoms with E-state index in [1.54, 1.807) is 6.07 Å². The summed E-state index contributed by atoms with van der Waals surface area (Å²) in [5.74, 6) is 0.294. The van der Waals surface area contributed by atoms with E-state index in [9.17, 15) is 9.90 Å². The Morgan fingerprint density at radius 3 is 2.36 bits per heavy atom. The normalized spacial score (nSPS) is 11.7. The van der Waals surface area contributed by atoms with E-state index in [0.29, 0.717) is 18.1 Å². The van der Waals surface area contributed by atoms with Gasteiger partial charge in [0.25, 0.3) is 0 Å². The summed E-state index contributed by atoms with van der Waals surface area (Å²) < 4.78 is 11.2. The van der Waals surface area contributed by atoms with Crippen molar-refractivity contribution in [2.45, 2.75) is 26.4 Å². The molecule has 0 aliphatic rings. The molecule has 1 atom stereocenters. The highest BCUT2D eigenvalue weighted by Crippen LogP contribution is 2.23. The van der Waals surface area contributed by atoms with Crippen LogP contribution in [0.5, 0.6) is 11.5 Å². The standard InChI is InChI=1S/C18H20O4/c1-3-21-16-11-7-5-9-14(16)12-17(18(19)20)22-15-10-6-4-8-13(15)2/h4-11,17H,3,12H2,1-2H3,(H,19,20)/t17-/m1/s1. The summed E-state index contributed by atoms with van der Waals surface area (Å²) in [6.07, 6.45) is -0.706. The van der Waals surface area contributed by atoms with E-state index in [-0.39, 0.29) is 6.42 Å². The first-order chi connectivity index (χ1) is 10.6. The molecule has 0 saturated heterocycles. The molecule has 2 rings (SSSR count). The van der Waals surface area contributed by atoms with Gasteiger partial charge in [-0.2, -0.15) is 0 Å². The van der Waals surface area contributed by atoms with Crippen molar-refractivity contribution in [3.05, 3.63) is 59.7 Å². The van der Waals surface area contributed by atoms with Gasteiger partial charge < -0.3 is 14.6 Å². The van der Waals surface area contributed by atoms with Crippen LogP contribution in [0.25, 0.3) is 0 Å². The van der Waals surface area contributed by atoms with E-state index in [0.717, 1.165) is 11.1 Å².